The van der Waals surface area contributed by atoms with Gasteiger partial charge in [-0.15, -0.1) is 0 Å². The zero-order valence-corrected chi connectivity index (χ0v) is 19.5. The molecule has 0 aromatic rings. The zero-order chi connectivity index (χ0) is 23.4. The van der Waals surface area contributed by atoms with Crippen molar-refractivity contribution in [2.24, 2.45) is 40.4 Å². The number of esters is 1. The molecule has 0 amide bonds. The fraction of sp³-hybridized carbons (Fsp3) is 0.731. The van der Waals surface area contributed by atoms with Crippen molar-refractivity contribution in [3.05, 3.63) is 23.8 Å². The van der Waals surface area contributed by atoms with Gasteiger partial charge in [0, 0.05) is 17.3 Å². The molecular weight excluding hydrogens is 411 g/mol. The van der Waals surface area contributed by atoms with Gasteiger partial charge in [0.15, 0.2) is 5.78 Å². The number of Topliss-reactive ketones (excluding diaryl/α,β-unsaturated/α-hetero) is 1. The Morgan fingerprint density at radius 1 is 1.28 bits per heavy atom. The van der Waals surface area contributed by atoms with E-state index in [4.69, 9.17) is 4.74 Å². The monoisotopic (exact) mass is 446 g/mol. The van der Waals surface area contributed by atoms with Crippen LogP contribution < -0.4 is 0 Å². The van der Waals surface area contributed by atoms with Crippen LogP contribution in [0.25, 0.3) is 0 Å². The number of carbonyl (C=O) groups excluding carboxylic acids is 3. The highest BCUT2D eigenvalue weighted by Crippen LogP contribution is 2.67. The molecule has 0 radical (unpaired) electrons. The van der Waals surface area contributed by atoms with Gasteiger partial charge >= 0.3 is 5.97 Å². The third-order valence-corrected chi connectivity index (χ3v) is 9.03. The number of aliphatic hydroxyl groups excluding tert-OH is 1. The third kappa shape index (κ3) is 3.41. The number of carbonyl (C=O) groups is 3. The molecule has 176 valence electrons. The normalized spacial score (nSPS) is 44.9. The van der Waals surface area contributed by atoms with E-state index in [-0.39, 0.29) is 42.5 Å². The van der Waals surface area contributed by atoms with Crippen molar-refractivity contribution in [3.8, 4) is 0 Å². The number of aliphatic hydroxyl groups is 1. The minimum absolute atomic E-state index is 0.0194. The van der Waals surface area contributed by atoms with Crippen LogP contribution >= 0.6 is 0 Å². The van der Waals surface area contributed by atoms with Crippen molar-refractivity contribution in [2.45, 2.75) is 72.1 Å². The molecule has 32 heavy (non-hydrogen) atoms. The van der Waals surface area contributed by atoms with Crippen molar-refractivity contribution in [1.82, 2.24) is 0 Å². The number of allylic oxidation sites excluding steroid dienone is 4. The molecule has 5 nitrogen and oxygen atoms in total. The van der Waals surface area contributed by atoms with Gasteiger partial charge in [0.1, 0.15) is 6.17 Å². The van der Waals surface area contributed by atoms with E-state index in [9.17, 15) is 19.5 Å². The predicted octanol–water partition coefficient (Wildman–Crippen LogP) is 3.99. The number of halogens is 1. The maximum absolute atomic E-state index is 15.4. The topological polar surface area (TPSA) is 80.7 Å². The Balaban J connectivity index is 1.65. The molecule has 9 atom stereocenters. The van der Waals surface area contributed by atoms with Gasteiger partial charge in [-0.3, -0.25) is 9.59 Å². The van der Waals surface area contributed by atoms with Crippen molar-refractivity contribution >= 4 is 17.5 Å². The first kappa shape index (κ1) is 23.3. The lowest BCUT2D eigenvalue weighted by Gasteiger charge is -2.59. The second-order valence-electron chi connectivity index (χ2n) is 10.9. The molecule has 0 heterocycles. The Morgan fingerprint density at radius 3 is 2.69 bits per heavy atom. The molecule has 4 aliphatic carbocycles. The van der Waals surface area contributed by atoms with Crippen molar-refractivity contribution in [3.63, 3.8) is 0 Å². The molecule has 1 N–H and O–H groups in total. The summed E-state index contributed by atoms with van der Waals surface area (Å²) in [4.78, 5) is 37.6. The fourth-order valence-corrected chi connectivity index (χ4v) is 7.77. The van der Waals surface area contributed by atoms with E-state index in [2.05, 4.69) is 0 Å². The predicted molar refractivity (Wildman–Crippen MR) is 117 cm³/mol. The number of fused-ring (bicyclic) bond motifs is 5. The summed E-state index contributed by atoms with van der Waals surface area (Å²) in [5, 5.41) is 11.4. The summed E-state index contributed by atoms with van der Waals surface area (Å²) in [6.07, 6.45) is 5.56. The van der Waals surface area contributed by atoms with Gasteiger partial charge in [-0.1, -0.05) is 40.2 Å². The lowest BCUT2D eigenvalue weighted by Crippen LogP contribution is -2.58. The summed E-state index contributed by atoms with van der Waals surface area (Å²) in [5.41, 5.74) is -0.847. The highest BCUT2D eigenvalue weighted by Gasteiger charge is 2.66. The molecule has 0 aromatic heterocycles. The summed E-state index contributed by atoms with van der Waals surface area (Å²) >= 11 is 0. The number of rotatable bonds is 5. The lowest BCUT2D eigenvalue weighted by atomic mass is 9.46. The first-order valence-electron chi connectivity index (χ1n) is 12.0. The summed E-state index contributed by atoms with van der Waals surface area (Å²) in [6, 6.07) is 0. The molecule has 3 saturated carbocycles. The van der Waals surface area contributed by atoms with Crippen molar-refractivity contribution < 1.29 is 28.6 Å². The minimum Gasteiger partial charge on any atom is -0.460 e. The van der Waals surface area contributed by atoms with Crippen LogP contribution in [0.5, 0.6) is 0 Å². The van der Waals surface area contributed by atoms with Crippen LogP contribution in [-0.2, 0) is 19.1 Å². The van der Waals surface area contributed by atoms with Crippen LogP contribution in [0, 0.1) is 40.4 Å². The highest BCUT2D eigenvalue weighted by atomic mass is 19.1. The molecule has 0 spiro atoms. The average Bonchev–Trinajstić information content (AvgIpc) is 2.98. The van der Waals surface area contributed by atoms with Crippen LogP contribution in [0.4, 0.5) is 4.39 Å². The third-order valence-electron chi connectivity index (χ3n) is 9.03. The molecule has 4 aliphatic rings. The second-order valence-corrected chi connectivity index (χ2v) is 10.9. The minimum atomic E-state index is -1.26. The molecule has 0 saturated heterocycles. The molecule has 0 aliphatic heterocycles. The summed E-state index contributed by atoms with van der Waals surface area (Å²) < 4.78 is 20.6. The Hall–Kier alpha value is -1.82. The number of alkyl halides is 1. The molecule has 0 bridgehead atoms. The second kappa shape index (κ2) is 8.19. The van der Waals surface area contributed by atoms with Crippen molar-refractivity contribution in [2.75, 3.05) is 6.61 Å². The van der Waals surface area contributed by atoms with Gasteiger partial charge in [-0.25, -0.2) is 9.18 Å². The van der Waals surface area contributed by atoms with Crippen LogP contribution in [0.3, 0.4) is 0 Å². The maximum atomic E-state index is 15.4. The van der Waals surface area contributed by atoms with Gasteiger partial charge in [0.25, 0.3) is 0 Å². The first-order valence-corrected chi connectivity index (χ1v) is 12.0. The summed E-state index contributed by atoms with van der Waals surface area (Å²) in [5.74, 6) is -2.42. The molecule has 9 unspecified atom stereocenters. The number of hydrogen-bond acceptors (Lipinski definition) is 5. The van der Waals surface area contributed by atoms with E-state index in [1.807, 2.05) is 27.7 Å². The molecular formula is C26H35FO5. The maximum Gasteiger partial charge on any atom is 0.374 e. The van der Waals surface area contributed by atoms with E-state index in [1.165, 1.54) is 12.2 Å². The number of ether oxygens (including phenoxy) is 1. The van der Waals surface area contributed by atoms with E-state index in [1.54, 1.807) is 6.08 Å². The zero-order valence-electron chi connectivity index (χ0n) is 19.5. The molecule has 0 aromatic carbocycles. The molecule has 6 heteroatoms. The van der Waals surface area contributed by atoms with Gasteiger partial charge < -0.3 is 9.84 Å². The standard InChI is InChI=1S/C26H35FO5/c1-5-6-9-32-24(31)23(30)21-14(2)10-17-16-12-19(27)18-11-15(28)7-8-25(18,3)22(16)20(29)13-26(17,21)4/h7-8,11,14,16-17,19-22,29H,5-6,9-10,12-13H2,1-4H3. The number of hydrogen-bond donors (Lipinski definition) is 1. The largest absolute Gasteiger partial charge is 0.460 e. The van der Waals surface area contributed by atoms with E-state index in [0.717, 1.165) is 6.42 Å². The summed E-state index contributed by atoms with van der Waals surface area (Å²) in [6.45, 7) is 8.11. The smallest absolute Gasteiger partial charge is 0.374 e. The van der Waals surface area contributed by atoms with Crippen LogP contribution in [0.2, 0.25) is 0 Å². The van der Waals surface area contributed by atoms with Gasteiger partial charge in [-0.2, -0.15) is 0 Å². The molecule has 3 fully saturated rings. The van der Waals surface area contributed by atoms with Gasteiger partial charge in [0.2, 0.25) is 5.78 Å². The fourth-order valence-electron chi connectivity index (χ4n) is 7.77. The Labute approximate surface area is 189 Å². The summed E-state index contributed by atoms with van der Waals surface area (Å²) in [7, 11) is 0. The highest BCUT2D eigenvalue weighted by molar-refractivity contribution is 6.34. The SMILES string of the molecule is CCCCOC(=O)C(=O)C1C(C)CC2C3CC(F)C4=CC(=O)C=CC4(C)C3C(O)CC21C. The van der Waals surface area contributed by atoms with Gasteiger partial charge in [0.05, 0.1) is 12.7 Å². The van der Waals surface area contributed by atoms with E-state index < -0.39 is 40.8 Å². The Bertz CT molecular complexity index is 877. The first-order chi connectivity index (χ1) is 15.0. The van der Waals surface area contributed by atoms with Crippen LogP contribution in [0.1, 0.15) is 59.8 Å². The average molecular weight is 447 g/mol. The van der Waals surface area contributed by atoms with Crippen molar-refractivity contribution in [1.29, 1.82) is 0 Å². The van der Waals surface area contributed by atoms with E-state index >= 15 is 4.39 Å². The van der Waals surface area contributed by atoms with E-state index in [0.29, 0.717) is 24.8 Å². The Kier molecular flexibility index (Phi) is 5.98. The number of ketones is 2. The number of unbranched alkanes of at least 4 members (excludes halogenated alkanes) is 1. The Morgan fingerprint density at radius 2 is 2.00 bits per heavy atom. The van der Waals surface area contributed by atoms with Crippen LogP contribution in [-0.4, -0.2) is 41.5 Å². The van der Waals surface area contributed by atoms with Gasteiger partial charge in [-0.05, 0) is 66.6 Å². The molecule has 4 rings (SSSR count). The van der Waals surface area contributed by atoms with Crippen LogP contribution in [0.15, 0.2) is 23.8 Å². The quantitative estimate of drug-likeness (QED) is 0.392. The lowest BCUT2D eigenvalue weighted by molar-refractivity contribution is -0.162.